The molecule has 1 rings (SSSR count). The van der Waals surface area contributed by atoms with Crippen molar-refractivity contribution in [2.75, 3.05) is 31.7 Å². The number of rotatable bonds is 8. The maximum atomic E-state index is 11.7. The molecular formula is C15H24N2O3. The fourth-order valence-electron chi connectivity index (χ4n) is 1.50. The van der Waals surface area contributed by atoms with Crippen LogP contribution < -0.4 is 15.4 Å². The van der Waals surface area contributed by atoms with Gasteiger partial charge in [0.25, 0.3) is 0 Å². The summed E-state index contributed by atoms with van der Waals surface area (Å²) in [5.74, 6) is 1.12. The summed E-state index contributed by atoms with van der Waals surface area (Å²) in [4.78, 5) is 11.7. The average molecular weight is 280 g/mol. The number of hydrogen-bond acceptors (Lipinski definition) is 3. The van der Waals surface area contributed by atoms with E-state index in [4.69, 9.17) is 9.47 Å². The van der Waals surface area contributed by atoms with Gasteiger partial charge in [0.15, 0.2) is 0 Å². The molecule has 5 heteroatoms. The molecule has 0 aromatic heterocycles. The highest BCUT2D eigenvalue weighted by Crippen LogP contribution is 2.24. The highest BCUT2D eigenvalue weighted by molar-refractivity contribution is 5.90. The lowest BCUT2D eigenvalue weighted by molar-refractivity contribution is 0.150. The topological polar surface area (TPSA) is 59.6 Å². The minimum absolute atomic E-state index is 0.259. The van der Waals surface area contributed by atoms with Gasteiger partial charge in [0.05, 0.1) is 18.9 Å². The van der Waals surface area contributed by atoms with Crippen molar-refractivity contribution in [3.8, 4) is 5.75 Å². The van der Waals surface area contributed by atoms with Crippen LogP contribution in [0.3, 0.4) is 0 Å². The number of benzene rings is 1. The van der Waals surface area contributed by atoms with Crippen molar-refractivity contribution in [2.45, 2.75) is 20.8 Å². The molecule has 0 radical (unpaired) electrons. The Labute approximate surface area is 120 Å². The molecule has 2 amide bonds. The van der Waals surface area contributed by atoms with Crippen molar-refractivity contribution < 1.29 is 14.3 Å². The van der Waals surface area contributed by atoms with Gasteiger partial charge in [-0.15, -0.1) is 0 Å². The van der Waals surface area contributed by atoms with Crippen molar-refractivity contribution >= 4 is 11.7 Å². The summed E-state index contributed by atoms with van der Waals surface area (Å²) in [5, 5.41) is 5.51. The van der Waals surface area contributed by atoms with Gasteiger partial charge in [0, 0.05) is 13.2 Å². The van der Waals surface area contributed by atoms with E-state index in [2.05, 4.69) is 24.5 Å². The van der Waals surface area contributed by atoms with Gasteiger partial charge in [-0.3, -0.25) is 0 Å². The maximum Gasteiger partial charge on any atom is 0.319 e. The van der Waals surface area contributed by atoms with Gasteiger partial charge in [-0.2, -0.15) is 0 Å². The number of ether oxygens (including phenoxy) is 2. The van der Waals surface area contributed by atoms with E-state index in [0.717, 1.165) is 0 Å². The maximum absolute atomic E-state index is 11.7. The first-order valence-corrected chi connectivity index (χ1v) is 6.98. The van der Waals surface area contributed by atoms with Crippen LogP contribution in [0.15, 0.2) is 24.3 Å². The summed E-state index contributed by atoms with van der Waals surface area (Å²) >= 11 is 0. The van der Waals surface area contributed by atoms with E-state index in [9.17, 15) is 4.79 Å². The second-order valence-corrected chi connectivity index (χ2v) is 4.78. The molecular weight excluding hydrogens is 256 g/mol. The van der Waals surface area contributed by atoms with E-state index in [1.807, 2.05) is 31.2 Å². The molecule has 20 heavy (non-hydrogen) atoms. The summed E-state index contributed by atoms with van der Waals surface area (Å²) in [6.07, 6.45) is 0. The van der Waals surface area contributed by atoms with E-state index in [0.29, 0.717) is 43.7 Å². The van der Waals surface area contributed by atoms with Crippen LogP contribution in [0, 0.1) is 5.92 Å². The molecule has 0 aliphatic heterocycles. The highest BCUT2D eigenvalue weighted by atomic mass is 16.5. The average Bonchev–Trinajstić information content (AvgIpc) is 2.42. The van der Waals surface area contributed by atoms with Crippen LogP contribution >= 0.6 is 0 Å². The number of nitrogens with one attached hydrogen (secondary N) is 2. The largest absolute Gasteiger partial charge is 0.491 e. The number of anilines is 1. The molecule has 0 atom stereocenters. The Morgan fingerprint density at radius 3 is 2.75 bits per heavy atom. The molecule has 0 saturated heterocycles. The minimum Gasteiger partial charge on any atom is -0.491 e. The Morgan fingerprint density at radius 1 is 1.30 bits per heavy atom. The van der Waals surface area contributed by atoms with Crippen LogP contribution in [-0.2, 0) is 4.74 Å². The summed E-state index contributed by atoms with van der Waals surface area (Å²) in [6, 6.07) is 7.15. The van der Waals surface area contributed by atoms with Crippen LogP contribution in [-0.4, -0.2) is 32.4 Å². The van der Waals surface area contributed by atoms with Crippen molar-refractivity contribution in [3.63, 3.8) is 0 Å². The summed E-state index contributed by atoms with van der Waals surface area (Å²) < 4.78 is 10.8. The second kappa shape index (κ2) is 9.20. The first-order valence-electron chi connectivity index (χ1n) is 6.98. The monoisotopic (exact) mass is 280 g/mol. The second-order valence-electron chi connectivity index (χ2n) is 4.78. The minimum atomic E-state index is -0.259. The molecule has 0 heterocycles. The number of para-hydroxylation sites is 2. The van der Waals surface area contributed by atoms with Gasteiger partial charge in [-0.25, -0.2) is 4.79 Å². The molecule has 0 aliphatic carbocycles. The zero-order chi connectivity index (χ0) is 14.8. The Kier molecular flexibility index (Phi) is 7.50. The first-order chi connectivity index (χ1) is 9.63. The van der Waals surface area contributed by atoms with Crippen molar-refractivity contribution in [1.29, 1.82) is 0 Å². The third kappa shape index (κ3) is 6.43. The molecule has 5 nitrogen and oxygen atoms in total. The zero-order valence-corrected chi connectivity index (χ0v) is 12.4. The number of hydrogen-bond donors (Lipinski definition) is 2. The lowest BCUT2D eigenvalue weighted by atomic mass is 10.2. The van der Waals surface area contributed by atoms with E-state index in [1.54, 1.807) is 0 Å². The Morgan fingerprint density at radius 2 is 2.05 bits per heavy atom. The van der Waals surface area contributed by atoms with Gasteiger partial charge in [0.2, 0.25) is 0 Å². The van der Waals surface area contributed by atoms with Gasteiger partial charge in [-0.05, 0) is 25.0 Å². The number of amides is 2. The predicted octanol–water partition coefficient (Wildman–Crippen LogP) is 2.88. The van der Waals surface area contributed by atoms with E-state index < -0.39 is 0 Å². The van der Waals surface area contributed by atoms with Crippen LogP contribution in [0.25, 0.3) is 0 Å². The SMILES string of the molecule is CCOCCNC(=O)Nc1ccccc1OCC(C)C. The van der Waals surface area contributed by atoms with Crippen molar-refractivity contribution in [2.24, 2.45) is 5.92 Å². The molecule has 0 fully saturated rings. The Hall–Kier alpha value is -1.75. The van der Waals surface area contributed by atoms with Gasteiger partial charge in [0.1, 0.15) is 5.75 Å². The summed E-state index contributed by atoms with van der Waals surface area (Å²) in [6.45, 7) is 8.33. The van der Waals surface area contributed by atoms with E-state index in [1.165, 1.54) is 0 Å². The zero-order valence-electron chi connectivity index (χ0n) is 12.4. The lowest BCUT2D eigenvalue weighted by Gasteiger charge is -2.14. The predicted molar refractivity (Wildman–Crippen MR) is 80.3 cm³/mol. The highest BCUT2D eigenvalue weighted by Gasteiger charge is 2.07. The summed E-state index contributed by atoms with van der Waals surface area (Å²) in [7, 11) is 0. The molecule has 0 bridgehead atoms. The Balaban J connectivity index is 2.47. The Bertz CT molecular complexity index is 408. The van der Waals surface area contributed by atoms with Crippen molar-refractivity contribution in [1.82, 2.24) is 5.32 Å². The lowest BCUT2D eigenvalue weighted by Crippen LogP contribution is -2.31. The van der Waals surface area contributed by atoms with Crippen LogP contribution in [0.2, 0.25) is 0 Å². The van der Waals surface area contributed by atoms with Crippen LogP contribution in [0.1, 0.15) is 20.8 Å². The molecule has 1 aromatic rings. The number of carbonyl (C=O) groups excluding carboxylic acids is 1. The molecule has 1 aromatic carbocycles. The van der Waals surface area contributed by atoms with Gasteiger partial charge < -0.3 is 20.1 Å². The molecule has 0 saturated carbocycles. The fourth-order valence-corrected chi connectivity index (χ4v) is 1.50. The number of carbonyl (C=O) groups is 1. The first kappa shape index (κ1) is 16.3. The molecule has 0 aliphatic rings. The fraction of sp³-hybridized carbons (Fsp3) is 0.533. The van der Waals surface area contributed by atoms with Crippen molar-refractivity contribution in [3.05, 3.63) is 24.3 Å². The van der Waals surface area contributed by atoms with Gasteiger partial charge >= 0.3 is 6.03 Å². The van der Waals surface area contributed by atoms with Gasteiger partial charge in [-0.1, -0.05) is 26.0 Å². The quantitative estimate of drug-likeness (QED) is 0.720. The number of urea groups is 1. The van der Waals surface area contributed by atoms with Crippen LogP contribution in [0.4, 0.5) is 10.5 Å². The molecule has 0 unspecified atom stereocenters. The smallest absolute Gasteiger partial charge is 0.319 e. The molecule has 0 spiro atoms. The standard InChI is InChI=1S/C15H24N2O3/c1-4-19-10-9-16-15(18)17-13-7-5-6-8-14(13)20-11-12(2)3/h5-8,12H,4,9-11H2,1-3H3,(H2,16,17,18). The summed E-state index contributed by atoms with van der Waals surface area (Å²) in [5.41, 5.74) is 0.669. The third-order valence-electron chi connectivity index (χ3n) is 2.44. The third-order valence-corrected chi connectivity index (χ3v) is 2.44. The normalized spacial score (nSPS) is 10.4. The van der Waals surface area contributed by atoms with E-state index in [-0.39, 0.29) is 6.03 Å². The van der Waals surface area contributed by atoms with E-state index >= 15 is 0 Å². The molecule has 2 N–H and O–H groups in total. The molecule has 112 valence electrons. The van der Waals surface area contributed by atoms with Crippen LogP contribution in [0.5, 0.6) is 5.75 Å².